The first kappa shape index (κ1) is 13.4. The lowest BCUT2D eigenvalue weighted by atomic mass is 10.3. The average Bonchev–Trinajstić information content (AvgIpc) is 2.78. The molecule has 6 heteroatoms. The number of aromatic nitrogens is 1. The summed E-state index contributed by atoms with van der Waals surface area (Å²) in [5.74, 6) is 0.656. The molecule has 0 aromatic carbocycles. The Morgan fingerprint density at radius 1 is 1.38 bits per heavy atom. The fraction of sp³-hybridized carbons (Fsp3) is 0.700. The molecule has 1 atom stereocenters. The van der Waals surface area contributed by atoms with E-state index in [-0.39, 0.29) is 12.3 Å². The van der Waals surface area contributed by atoms with Crippen LogP contribution in [0.1, 0.15) is 17.8 Å². The van der Waals surface area contributed by atoms with Crippen molar-refractivity contribution in [2.75, 3.05) is 27.9 Å². The van der Waals surface area contributed by atoms with Gasteiger partial charge in [-0.25, -0.2) is 0 Å². The maximum atomic E-state index is 5.09. The molecule has 0 aliphatic carbocycles. The number of hydrogen-bond donors (Lipinski definition) is 1. The molecule has 1 N–H and O–H groups in total. The number of nitrogens with one attached hydrogen (secondary N) is 1. The molecule has 1 heterocycles. The molecular weight excluding hydrogens is 228 g/mol. The van der Waals surface area contributed by atoms with Crippen LogP contribution in [-0.2, 0) is 9.47 Å². The van der Waals surface area contributed by atoms with E-state index in [1.807, 2.05) is 6.07 Å². The minimum atomic E-state index is -0.225. The summed E-state index contributed by atoms with van der Waals surface area (Å²) in [6, 6.07) is 2.13. The summed E-state index contributed by atoms with van der Waals surface area (Å²) in [5, 5.41) is 3.30. The van der Waals surface area contributed by atoms with E-state index in [1.54, 1.807) is 21.3 Å². The topological polar surface area (TPSA) is 52.6 Å². The van der Waals surface area contributed by atoms with Crippen molar-refractivity contribution in [2.24, 2.45) is 0 Å². The number of nitrogens with zero attached hydrogens (tertiary/aromatic N) is 1. The quantitative estimate of drug-likeness (QED) is 0.737. The SMILES string of the molecule is COc1cc(C(C)NCC(OC)OC)sn1. The second kappa shape index (κ2) is 6.80. The Morgan fingerprint density at radius 2 is 2.06 bits per heavy atom. The molecule has 5 nitrogen and oxygen atoms in total. The zero-order valence-corrected chi connectivity index (χ0v) is 10.8. The molecule has 0 bridgehead atoms. The summed E-state index contributed by atoms with van der Waals surface area (Å²) in [6.45, 7) is 2.70. The summed E-state index contributed by atoms with van der Waals surface area (Å²) in [4.78, 5) is 1.13. The second-order valence-corrected chi connectivity index (χ2v) is 4.14. The molecule has 0 aliphatic heterocycles. The van der Waals surface area contributed by atoms with E-state index in [0.717, 1.165) is 4.88 Å². The van der Waals surface area contributed by atoms with Gasteiger partial charge in [-0.15, -0.1) is 0 Å². The van der Waals surface area contributed by atoms with Gasteiger partial charge >= 0.3 is 0 Å². The highest BCUT2D eigenvalue weighted by Gasteiger charge is 2.12. The zero-order chi connectivity index (χ0) is 12.0. The molecule has 0 spiro atoms. The van der Waals surface area contributed by atoms with E-state index in [4.69, 9.17) is 14.2 Å². The lowest BCUT2D eigenvalue weighted by Gasteiger charge is -2.17. The first-order valence-corrected chi connectivity index (χ1v) is 5.78. The molecule has 0 aliphatic rings. The Labute approximate surface area is 99.9 Å². The van der Waals surface area contributed by atoms with Crippen molar-refractivity contribution in [3.05, 3.63) is 10.9 Å². The normalized spacial score (nSPS) is 13.1. The van der Waals surface area contributed by atoms with E-state index in [9.17, 15) is 0 Å². The summed E-state index contributed by atoms with van der Waals surface area (Å²) in [7, 11) is 4.86. The molecule has 1 aromatic rings. The standard InChI is InChI=1S/C10H18N2O3S/c1-7(11-6-10(14-3)15-4)8-5-9(13-2)12-16-8/h5,7,10-11H,6H2,1-4H3. The van der Waals surface area contributed by atoms with Gasteiger partial charge in [0.15, 0.2) is 6.29 Å². The van der Waals surface area contributed by atoms with Gasteiger partial charge in [-0.2, -0.15) is 4.37 Å². The third kappa shape index (κ3) is 3.71. The maximum absolute atomic E-state index is 5.09. The monoisotopic (exact) mass is 246 g/mol. The number of rotatable bonds is 7. The third-order valence-corrected chi connectivity index (χ3v) is 3.21. The molecule has 16 heavy (non-hydrogen) atoms. The minimum Gasteiger partial charge on any atom is -0.480 e. The van der Waals surface area contributed by atoms with Gasteiger partial charge in [-0.1, -0.05) is 0 Å². The van der Waals surface area contributed by atoms with Crippen LogP contribution in [0, 0.1) is 0 Å². The van der Waals surface area contributed by atoms with Crippen molar-refractivity contribution in [3.63, 3.8) is 0 Å². The highest BCUT2D eigenvalue weighted by molar-refractivity contribution is 7.06. The van der Waals surface area contributed by atoms with Gasteiger partial charge in [0.05, 0.1) is 7.11 Å². The lowest BCUT2D eigenvalue weighted by Crippen LogP contribution is -2.31. The van der Waals surface area contributed by atoms with Crippen molar-refractivity contribution in [1.82, 2.24) is 9.69 Å². The predicted molar refractivity (Wildman–Crippen MR) is 62.9 cm³/mol. The molecule has 0 amide bonds. The van der Waals surface area contributed by atoms with Gasteiger partial charge in [-0.3, -0.25) is 0 Å². The van der Waals surface area contributed by atoms with Gasteiger partial charge < -0.3 is 19.5 Å². The Morgan fingerprint density at radius 3 is 2.56 bits per heavy atom. The fourth-order valence-electron chi connectivity index (χ4n) is 1.21. The Hall–Kier alpha value is -0.690. The first-order valence-electron chi connectivity index (χ1n) is 5.00. The number of ether oxygens (including phenoxy) is 3. The number of hydrogen-bond acceptors (Lipinski definition) is 6. The van der Waals surface area contributed by atoms with E-state index in [1.165, 1.54) is 11.5 Å². The zero-order valence-electron chi connectivity index (χ0n) is 10.0. The fourth-order valence-corrected chi connectivity index (χ4v) is 1.93. The minimum absolute atomic E-state index is 0.203. The van der Waals surface area contributed by atoms with Gasteiger partial charge in [-0.05, 0) is 18.5 Å². The average molecular weight is 246 g/mol. The maximum Gasteiger partial charge on any atom is 0.225 e. The van der Waals surface area contributed by atoms with Crippen LogP contribution in [0.3, 0.4) is 0 Å². The third-order valence-electron chi connectivity index (χ3n) is 2.26. The Kier molecular flexibility index (Phi) is 5.68. The van der Waals surface area contributed by atoms with Gasteiger partial charge in [0.2, 0.25) is 5.88 Å². The lowest BCUT2D eigenvalue weighted by molar-refractivity contribution is -0.0997. The van der Waals surface area contributed by atoms with Crippen molar-refractivity contribution in [3.8, 4) is 5.88 Å². The van der Waals surface area contributed by atoms with Crippen molar-refractivity contribution in [2.45, 2.75) is 19.3 Å². The Balaban J connectivity index is 2.42. The Bertz CT molecular complexity index is 302. The summed E-state index contributed by atoms with van der Waals surface area (Å²) in [5.41, 5.74) is 0. The highest BCUT2D eigenvalue weighted by atomic mass is 32.1. The smallest absolute Gasteiger partial charge is 0.225 e. The van der Waals surface area contributed by atoms with Gasteiger partial charge in [0, 0.05) is 37.7 Å². The van der Waals surface area contributed by atoms with Crippen LogP contribution < -0.4 is 10.1 Å². The van der Waals surface area contributed by atoms with Crippen LogP contribution in [0.5, 0.6) is 5.88 Å². The van der Waals surface area contributed by atoms with E-state index in [0.29, 0.717) is 12.4 Å². The van der Waals surface area contributed by atoms with Crippen LogP contribution in [-0.4, -0.2) is 38.5 Å². The summed E-state index contributed by atoms with van der Waals surface area (Å²) < 4.78 is 19.4. The second-order valence-electron chi connectivity index (χ2n) is 3.30. The molecular formula is C10H18N2O3S. The van der Waals surface area contributed by atoms with Crippen molar-refractivity contribution in [1.29, 1.82) is 0 Å². The van der Waals surface area contributed by atoms with Crippen molar-refractivity contribution >= 4 is 11.5 Å². The molecule has 0 saturated carbocycles. The van der Waals surface area contributed by atoms with Crippen LogP contribution >= 0.6 is 11.5 Å². The highest BCUT2D eigenvalue weighted by Crippen LogP contribution is 2.22. The largest absolute Gasteiger partial charge is 0.480 e. The first-order chi connectivity index (χ1) is 7.71. The van der Waals surface area contributed by atoms with Crippen LogP contribution in [0.25, 0.3) is 0 Å². The van der Waals surface area contributed by atoms with Gasteiger partial charge in [0.1, 0.15) is 0 Å². The van der Waals surface area contributed by atoms with Crippen LogP contribution in [0.15, 0.2) is 6.07 Å². The molecule has 1 aromatic heterocycles. The molecule has 0 fully saturated rings. The number of methoxy groups -OCH3 is 3. The molecule has 1 unspecified atom stereocenters. The van der Waals surface area contributed by atoms with Crippen LogP contribution in [0.2, 0.25) is 0 Å². The summed E-state index contributed by atoms with van der Waals surface area (Å²) >= 11 is 1.43. The van der Waals surface area contributed by atoms with Crippen LogP contribution in [0.4, 0.5) is 0 Å². The summed E-state index contributed by atoms with van der Waals surface area (Å²) in [6.07, 6.45) is -0.225. The van der Waals surface area contributed by atoms with E-state index in [2.05, 4.69) is 16.6 Å². The van der Waals surface area contributed by atoms with E-state index >= 15 is 0 Å². The van der Waals surface area contributed by atoms with Gasteiger partial charge in [0.25, 0.3) is 0 Å². The predicted octanol–water partition coefficient (Wildman–Crippen LogP) is 1.42. The molecule has 0 saturated heterocycles. The molecule has 92 valence electrons. The molecule has 1 rings (SSSR count). The van der Waals surface area contributed by atoms with E-state index < -0.39 is 0 Å². The van der Waals surface area contributed by atoms with Crippen molar-refractivity contribution < 1.29 is 14.2 Å². The molecule has 0 radical (unpaired) electrons.